The molecule has 4 rings (SSSR count). The number of para-hydroxylation sites is 1. The normalized spacial score (nSPS) is 14.3. The van der Waals surface area contributed by atoms with Crippen LogP contribution in [0.25, 0.3) is 10.2 Å². The number of carbonyl (C=O) groups excluding carboxylic acids is 1. The minimum atomic E-state index is -0.655. The number of piperazine rings is 1. The molecule has 0 saturated carbocycles. The Morgan fingerprint density at radius 2 is 2.14 bits per heavy atom. The molecule has 146 valence electrons. The molecule has 6 nitrogen and oxygen atoms in total. The lowest BCUT2D eigenvalue weighted by Crippen LogP contribution is -2.43. The molecule has 0 unspecified atom stereocenters. The van der Waals surface area contributed by atoms with E-state index in [4.69, 9.17) is 16.3 Å². The van der Waals surface area contributed by atoms with Gasteiger partial charge in [-0.3, -0.25) is 10.1 Å². The highest BCUT2D eigenvalue weighted by Crippen LogP contribution is 2.33. The zero-order chi connectivity index (χ0) is 19.7. The number of rotatable bonds is 4. The number of carbonyl (C=O) groups is 1. The Balaban J connectivity index is 1.59. The molecule has 0 radical (unpaired) electrons. The van der Waals surface area contributed by atoms with E-state index in [1.807, 2.05) is 17.0 Å². The number of hydrogen-bond acceptors (Lipinski definition) is 6. The second-order valence-corrected chi connectivity index (χ2v) is 7.74. The number of benzene rings is 2. The number of ether oxygens (including phenoxy) is 1. The summed E-state index contributed by atoms with van der Waals surface area (Å²) in [5, 5.41) is 6.31. The van der Waals surface area contributed by atoms with Gasteiger partial charge in [0.15, 0.2) is 5.13 Å². The summed E-state index contributed by atoms with van der Waals surface area (Å²) in [5.74, 6) is -0.677. The van der Waals surface area contributed by atoms with E-state index in [9.17, 15) is 9.18 Å². The van der Waals surface area contributed by atoms with Crippen LogP contribution in [0.1, 0.15) is 10.4 Å². The quantitative estimate of drug-likeness (QED) is 0.672. The lowest BCUT2D eigenvalue weighted by Gasteiger charge is -2.29. The van der Waals surface area contributed by atoms with E-state index in [0.717, 1.165) is 30.9 Å². The van der Waals surface area contributed by atoms with Gasteiger partial charge in [0.25, 0.3) is 5.91 Å². The summed E-state index contributed by atoms with van der Waals surface area (Å²) in [6.07, 6.45) is 0. The van der Waals surface area contributed by atoms with Gasteiger partial charge >= 0.3 is 0 Å². The molecule has 2 N–H and O–H groups in total. The summed E-state index contributed by atoms with van der Waals surface area (Å²) in [6, 6.07) is 8.50. The van der Waals surface area contributed by atoms with Crippen LogP contribution in [0.15, 0.2) is 30.3 Å². The van der Waals surface area contributed by atoms with Gasteiger partial charge in [0, 0.05) is 31.9 Å². The van der Waals surface area contributed by atoms with E-state index < -0.39 is 11.7 Å². The molecule has 1 amide bonds. The first kappa shape index (κ1) is 18.9. The predicted molar refractivity (Wildman–Crippen MR) is 111 cm³/mol. The second-order valence-electron chi connectivity index (χ2n) is 6.30. The summed E-state index contributed by atoms with van der Waals surface area (Å²) in [5.41, 5.74) is 1.13. The summed E-state index contributed by atoms with van der Waals surface area (Å²) in [7, 11) is 1.56. The number of aromatic nitrogens is 1. The third kappa shape index (κ3) is 3.63. The number of anilines is 2. The average molecular weight is 421 g/mol. The molecule has 0 aliphatic carbocycles. The van der Waals surface area contributed by atoms with Gasteiger partial charge in [-0.1, -0.05) is 29.0 Å². The fraction of sp³-hybridized carbons (Fsp3) is 0.263. The van der Waals surface area contributed by atoms with Crippen LogP contribution >= 0.6 is 22.9 Å². The maximum atomic E-state index is 14.7. The van der Waals surface area contributed by atoms with Gasteiger partial charge < -0.3 is 15.0 Å². The first-order valence-corrected chi connectivity index (χ1v) is 9.96. The summed E-state index contributed by atoms with van der Waals surface area (Å²) < 4.78 is 20.9. The molecule has 0 spiro atoms. The highest BCUT2D eigenvalue weighted by molar-refractivity contribution is 7.22. The van der Waals surface area contributed by atoms with Crippen LogP contribution in [-0.2, 0) is 0 Å². The number of amides is 1. The second kappa shape index (κ2) is 7.90. The molecule has 3 aromatic rings. The largest absolute Gasteiger partial charge is 0.494 e. The Kier molecular flexibility index (Phi) is 5.34. The molecule has 0 bridgehead atoms. The van der Waals surface area contributed by atoms with Crippen molar-refractivity contribution in [1.82, 2.24) is 10.3 Å². The lowest BCUT2D eigenvalue weighted by molar-refractivity contribution is 0.102. The van der Waals surface area contributed by atoms with Gasteiger partial charge in [0.1, 0.15) is 17.1 Å². The smallest absolute Gasteiger partial charge is 0.261 e. The maximum absolute atomic E-state index is 14.7. The van der Waals surface area contributed by atoms with Crippen LogP contribution in [0.2, 0.25) is 5.02 Å². The van der Waals surface area contributed by atoms with Crippen molar-refractivity contribution < 1.29 is 13.9 Å². The van der Waals surface area contributed by atoms with Crippen molar-refractivity contribution >= 4 is 49.9 Å². The Morgan fingerprint density at radius 1 is 1.36 bits per heavy atom. The molecule has 2 heterocycles. The van der Waals surface area contributed by atoms with Gasteiger partial charge in [-0.2, -0.15) is 0 Å². The van der Waals surface area contributed by atoms with Gasteiger partial charge in [0.2, 0.25) is 0 Å². The van der Waals surface area contributed by atoms with Crippen molar-refractivity contribution in [2.45, 2.75) is 0 Å². The van der Waals surface area contributed by atoms with Gasteiger partial charge in [0.05, 0.1) is 22.4 Å². The Bertz CT molecular complexity index is 1010. The molecular weight excluding hydrogens is 403 g/mol. The fourth-order valence-corrected chi connectivity index (χ4v) is 4.35. The molecule has 1 aliphatic heterocycles. The monoisotopic (exact) mass is 420 g/mol. The Morgan fingerprint density at radius 3 is 2.86 bits per heavy atom. The van der Waals surface area contributed by atoms with Crippen LogP contribution in [0.4, 0.5) is 15.2 Å². The van der Waals surface area contributed by atoms with Crippen LogP contribution in [-0.4, -0.2) is 44.2 Å². The van der Waals surface area contributed by atoms with Crippen molar-refractivity contribution in [3.8, 4) is 5.75 Å². The van der Waals surface area contributed by atoms with Crippen molar-refractivity contribution in [3.63, 3.8) is 0 Å². The minimum Gasteiger partial charge on any atom is -0.494 e. The van der Waals surface area contributed by atoms with E-state index in [-0.39, 0.29) is 10.6 Å². The van der Waals surface area contributed by atoms with Crippen molar-refractivity contribution in [3.05, 3.63) is 46.7 Å². The first-order chi connectivity index (χ1) is 13.6. The molecular formula is C19H18ClFN4O2S. The zero-order valence-corrected chi connectivity index (χ0v) is 16.7. The van der Waals surface area contributed by atoms with Gasteiger partial charge in [-0.05, 0) is 24.3 Å². The molecule has 0 atom stereocenters. The molecule has 9 heteroatoms. The van der Waals surface area contributed by atoms with Gasteiger partial charge in [-0.25, -0.2) is 9.37 Å². The number of hydrogen-bond donors (Lipinski definition) is 2. The van der Waals surface area contributed by atoms with Crippen LogP contribution in [0.5, 0.6) is 5.75 Å². The third-order valence-corrected chi connectivity index (χ3v) is 5.79. The highest BCUT2D eigenvalue weighted by atomic mass is 35.5. The molecule has 28 heavy (non-hydrogen) atoms. The van der Waals surface area contributed by atoms with E-state index in [0.29, 0.717) is 22.1 Å². The summed E-state index contributed by atoms with van der Waals surface area (Å²) >= 11 is 7.54. The molecule has 1 saturated heterocycles. The fourth-order valence-electron chi connectivity index (χ4n) is 3.18. The number of halogens is 2. The third-order valence-electron chi connectivity index (χ3n) is 4.56. The Labute approximate surface area is 170 Å². The summed E-state index contributed by atoms with van der Waals surface area (Å²) in [6.45, 7) is 3.16. The van der Waals surface area contributed by atoms with E-state index in [1.165, 1.54) is 17.4 Å². The van der Waals surface area contributed by atoms with Crippen LogP contribution in [0, 0.1) is 5.82 Å². The first-order valence-electron chi connectivity index (χ1n) is 8.76. The topological polar surface area (TPSA) is 66.5 Å². The predicted octanol–water partition coefficient (Wildman–Crippen LogP) is 3.76. The number of nitrogens with one attached hydrogen (secondary N) is 2. The highest BCUT2D eigenvalue weighted by Gasteiger charge is 2.21. The average Bonchev–Trinajstić information content (AvgIpc) is 3.10. The maximum Gasteiger partial charge on any atom is 0.261 e. The van der Waals surface area contributed by atoms with E-state index >= 15 is 0 Å². The summed E-state index contributed by atoms with van der Waals surface area (Å²) in [4.78, 5) is 19.1. The lowest BCUT2D eigenvalue weighted by atomic mass is 10.1. The van der Waals surface area contributed by atoms with Crippen LogP contribution in [0.3, 0.4) is 0 Å². The number of methoxy groups -OCH3 is 1. The zero-order valence-electron chi connectivity index (χ0n) is 15.1. The van der Waals surface area contributed by atoms with Crippen LogP contribution < -0.4 is 20.3 Å². The molecule has 1 aliphatic rings. The standard InChI is InChI=1S/C19H18ClFN4O2S/c1-27-14-3-2-4-15-17(14)23-19(28-15)24-18(26)16-12(20)9-11(10-13(16)21)25-7-5-22-6-8-25/h2-4,9-10,22H,5-8H2,1H3,(H,23,24,26). The van der Waals surface area contributed by atoms with Crippen molar-refractivity contribution in [2.24, 2.45) is 0 Å². The molecule has 1 fully saturated rings. The van der Waals surface area contributed by atoms with E-state index in [1.54, 1.807) is 19.2 Å². The Hall–Kier alpha value is -2.42. The molecule has 1 aromatic heterocycles. The number of thiazole rings is 1. The number of fused-ring (bicyclic) bond motifs is 1. The van der Waals surface area contributed by atoms with Crippen molar-refractivity contribution in [2.75, 3.05) is 43.5 Å². The van der Waals surface area contributed by atoms with Crippen molar-refractivity contribution in [1.29, 1.82) is 0 Å². The van der Waals surface area contributed by atoms with Gasteiger partial charge in [-0.15, -0.1) is 0 Å². The number of nitrogens with zero attached hydrogens (tertiary/aromatic N) is 2. The van der Waals surface area contributed by atoms with E-state index in [2.05, 4.69) is 15.6 Å². The minimum absolute atomic E-state index is 0.0738. The molecule has 2 aromatic carbocycles. The SMILES string of the molecule is COc1cccc2sc(NC(=O)c3c(F)cc(N4CCNCC4)cc3Cl)nc12.